The van der Waals surface area contributed by atoms with Crippen molar-refractivity contribution in [2.24, 2.45) is 0 Å². The van der Waals surface area contributed by atoms with E-state index in [0.29, 0.717) is 0 Å². The number of fused-ring (bicyclic) bond motifs is 1. The molecule has 1 aliphatic rings. The number of aromatic nitrogens is 1. The highest BCUT2D eigenvalue weighted by Gasteiger charge is 2.14. The minimum atomic E-state index is 0.170. The molecule has 0 fully saturated rings. The summed E-state index contributed by atoms with van der Waals surface area (Å²) in [6.07, 6.45) is 3.35. The summed E-state index contributed by atoms with van der Waals surface area (Å²) < 4.78 is 0. The Labute approximate surface area is 65.9 Å². The van der Waals surface area contributed by atoms with E-state index in [1.807, 2.05) is 6.92 Å². The molecule has 0 radical (unpaired) electrons. The first-order valence-electron chi connectivity index (χ1n) is 3.96. The van der Waals surface area contributed by atoms with Crippen molar-refractivity contribution in [3.63, 3.8) is 0 Å². The van der Waals surface area contributed by atoms with Gasteiger partial charge in [-0.15, -0.1) is 0 Å². The summed E-state index contributed by atoms with van der Waals surface area (Å²) in [7, 11) is 0. The number of aryl methyl sites for hydroxylation is 2. The molecule has 58 valence electrons. The van der Waals surface area contributed by atoms with Crippen molar-refractivity contribution in [3.05, 3.63) is 22.9 Å². The van der Waals surface area contributed by atoms with Crippen LogP contribution in [0.2, 0.25) is 0 Å². The highest BCUT2D eigenvalue weighted by molar-refractivity contribution is 5.36. The van der Waals surface area contributed by atoms with Crippen LogP contribution in [0, 0.1) is 6.92 Å². The van der Waals surface area contributed by atoms with Gasteiger partial charge in [-0.1, -0.05) is 0 Å². The van der Waals surface area contributed by atoms with E-state index in [1.165, 1.54) is 17.5 Å². The van der Waals surface area contributed by atoms with Crippen molar-refractivity contribution in [2.75, 3.05) is 0 Å². The summed E-state index contributed by atoms with van der Waals surface area (Å²) in [5, 5.41) is 9.17. The summed E-state index contributed by atoms with van der Waals surface area (Å²) in [4.78, 5) is 4.07. The lowest BCUT2D eigenvalue weighted by atomic mass is 10.1. The average molecular weight is 149 g/mol. The normalized spacial score (nSPS) is 15.0. The molecule has 0 aliphatic heterocycles. The van der Waals surface area contributed by atoms with E-state index in [4.69, 9.17) is 5.11 Å². The number of hydrogen-bond donors (Lipinski definition) is 1. The molecule has 2 rings (SSSR count). The Bertz CT molecular complexity index is 294. The lowest BCUT2D eigenvalue weighted by molar-refractivity contribution is 0.451. The van der Waals surface area contributed by atoms with Crippen LogP contribution in [0.1, 0.15) is 23.2 Å². The van der Waals surface area contributed by atoms with Gasteiger partial charge in [0.1, 0.15) is 0 Å². The Morgan fingerprint density at radius 3 is 3.09 bits per heavy atom. The van der Waals surface area contributed by atoms with E-state index in [9.17, 15) is 0 Å². The first kappa shape index (κ1) is 6.65. The second-order valence-corrected chi connectivity index (χ2v) is 3.08. The van der Waals surface area contributed by atoms with Crippen molar-refractivity contribution < 1.29 is 5.11 Å². The molecule has 0 spiro atoms. The van der Waals surface area contributed by atoms with Gasteiger partial charge in [0.05, 0.1) is 0 Å². The van der Waals surface area contributed by atoms with E-state index in [-0.39, 0.29) is 5.88 Å². The smallest absolute Gasteiger partial charge is 0.211 e. The lowest BCUT2D eigenvalue weighted by Crippen LogP contribution is -1.91. The van der Waals surface area contributed by atoms with Gasteiger partial charge in [-0.2, -0.15) is 0 Å². The fourth-order valence-electron chi connectivity index (χ4n) is 1.73. The third kappa shape index (κ3) is 0.985. The molecule has 0 saturated heterocycles. The van der Waals surface area contributed by atoms with Crippen LogP contribution in [0.15, 0.2) is 6.07 Å². The Morgan fingerprint density at radius 1 is 1.45 bits per heavy atom. The van der Waals surface area contributed by atoms with E-state index < -0.39 is 0 Å². The zero-order chi connectivity index (χ0) is 7.84. The Balaban J connectivity index is 2.60. The SMILES string of the molecule is Cc1cc(O)nc2c1CCC2. The van der Waals surface area contributed by atoms with Crippen LogP contribution >= 0.6 is 0 Å². The number of aromatic hydroxyl groups is 1. The topological polar surface area (TPSA) is 33.1 Å². The average Bonchev–Trinajstić information content (AvgIpc) is 2.34. The van der Waals surface area contributed by atoms with Gasteiger partial charge in [0.2, 0.25) is 5.88 Å². The lowest BCUT2D eigenvalue weighted by Gasteiger charge is -2.02. The third-order valence-electron chi connectivity index (χ3n) is 2.26. The molecule has 0 atom stereocenters. The summed E-state index contributed by atoms with van der Waals surface area (Å²) in [6, 6.07) is 1.74. The third-order valence-corrected chi connectivity index (χ3v) is 2.26. The van der Waals surface area contributed by atoms with Crippen molar-refractivity contribution >= 4 is 0 Å². The first-order chi connectivity index (χ1) is 5.27. The molecule has 0 saturated carbocycles. The molecule has 1 aliphatic carbocycles. The van der Waals surface area contributed by atoms with Crippen molar-refractivity contribution in [1.82, 2.24) is 4.98 Å². The molecule has 1 N–H and O–H groups in total. The summed E-state index contributed by atoms with van der Waals surface area (Å²) in [5.41, 5.74) is 3.63. The fourth-order valence-corrected chi connectivity index (χ4v) is 1.73. The van der Waals surface area contributed by atoms with Crippen molar-refractivity contribution in [3.8, 4) is 5.88 Å². The van der Waals surface area contributed by atoms with Crippen LogP contribution in [-0.2, 0) is 12.8 Å². The van der Waals surface area contributed by atoms with Gasteiger partial charge >= 0.3 is 0 Å². The molecule has 0 unspecified atom stereocenters. The highest BCUT2D eigenvalue weighted by Crippen LogP contribution is 2.25. The monoisotopic (exact) mass is 149 g/mol. The maximum Gasteiger partial charge on any atom is 0.211 e. The molecule has 1 heterocycles. The van der Waals surface area contributed by atoms with Crippen molar-refractivity contribution in [1.29, 1.82) is 0 Å². The Kier molecular flexibility index (Phi) is 1.34. The van der Waals surface area contributed by atoms with Gasteiger partial charge in [-0.25, -0.2) is 4.98 Å². The second kappa shape index (κ2) is 2.22. The van der Waals surface area contributed by atoms with E-state index >= 15 is 0 Å². The van der Waals surface area contributed by atoms with Gasteiger partial charge in [-0.3, -0.25) is 0 Å². The predicted molar refractivity (Wildman–Crippen MR) is 42.7 cm³/mol. The summed E-state index contributed by atoms with van der Waals surface area (Å²) in [5.74, 6) is 0.170. The Morgan fingerprint density at radius 2 is 2.27 bits per heavy atom. The fraction of sp³-hybridized carbons (Fsp3) is 0.444. The second-order valence-electron chi connectivity index (χ2n) is 3.08. The maximum atomic E-state index is 9.17. The summed E-state index contributed by atoms with van der Waals surface area (Å²) in [6.45, 7) is 2.03. The number of pyridine rings is 1. The van der Waals surface area contributed by atoms with Crippen LogP contribution in [0.5, 0.6) is 5.88 Å². The molecule has 0 amide bonds. The highest BCUT2D eigenvalue weighted by atomic mass is 16.3. The van der Waals surface area contributed by atoms with Crippen LogP contribution in [0.25, 0.3) is 0 Å². The zero-order valence-electron chi connectivity index (χ0n) is 6.59. The molecule has 2 nitrogen and oxygen atoms in total. The van der Waals surface area contributed by atoms with Crippen molar-refractivity contribution in [2.45, 2.75) is 26.2 Å². The number of nitrogens with zero attached hydrogens (tertiary/aromatic N) is 1. The number of hydrogen-bond acceptors (Lipinski definition) is 2. The molecular weight excluding hydrogens is 138 g/mol. The molecule has 0 bridgehead atoms. The van der Waals surface area contributed by atoms with E-state index in [0.717, 1.165) is 18.5 Å². The molecule has 0 aromatic carbocycles. The molecule has 1 aromatic heterocycles. The zero-order valence-corrected chi connectivity index (χ0v) is 6.59. The van der Waals surface area contributed by atoms with Gasteiger partial charge in [-0.05, 0) is 37.3 Å². The van der Waals surface area contributed by atoms with E-state index in [1.54, 1.807) is 6.07 Å². The standard InChI is InChI=1S/C9H11NO/c1-6-5-9(11)10-8-4-2-3-7(6)8/h5H,2-4H2,1H3,(H,10,11). The van der Waals surface area contributed by atoms with Gasteiger partial charge in [0.15, 0.2) is 0 Å². The largest absolute Gasteiger partial charge is 0.493 e. The van der Waals surface area contributed by atoms with Gasteiger partial charge in [0.25, 0.3) is 0 Å². The molecule has 11 heavy (non-hydrogen) atoms. The number of rotatable bonds is 0. The van der Waals surface area contributed by atoms with Crippen LogP contribution in [0.3, 0.4) is 0 Å². The van der Waals surface area contributed by atoms with Crippen LogP contribution < -0.4 is 0 Å². The molecule has 1 aromatic rings. The quantitative estimate of drug-likeness (QED) is 0.607. The Hall–Kier alpha value is -1.05. The maximum absolute atomic E-state index is 9.17. The minimum Gasteiger partial charge on any atom is -0.493 e. The van der Waals surface area contributed by atoms with Crippen LogP contribution in [-0.4, -0.2) is 10.1 Å². The van der Waals surface area contributed by atoms with Gasteiger partial charge < -0.3 is 5.11 Å². The van der Waals surface area contributed by atoms with Crippen LogP contribution in [0.4, 0.5) is 0 Å². The summed E-state index contributed by atoms with van der Waals surface area (Å²) >= 11 is 0. The molecular formula is C9H11NO. The predicted octanol–water partition coefficient (Wildman–Crippen LogP) is 1.58. The van der Waals surface area contributed by atoms with E-state index in [2.05, 4.69) is 4.98 Å². The van der Waals surface area contributed by atoms with Gasteiger partial charge in [0, 0.05) is 11.8 Å². The minimum absolute atomic E-state index is 0.170. The first-order valence-corrected chi connectivity index (χ1v) is 3.96. The molecule has 2 heteroatoms.